The van der Waals surface area contributed by atoms with Gasteiger partial charge in [-0.2, -0.15) is 0 Å². The van der Waals surface area contributed by atoms with Crippen molar-refractivity contribution in [2.75, 3.05) is 18.0 Å². The van der Waals surface area contributed by atoms with Crippen molar-refractivity contribution in [2.24, 2.45) is 4.99 Å². The Morgan fingerprint density at radius 1 is 1.16 bits per heavy atom. The molecule has 8 heteroatoms. The molecule has 160 valence electrons. The molecule has 2 aromatic rings. The number of aliphatic imine (C=N–C) groups is 1. The summed E-state index contributed by atoms with van der Waals surface area (Å²) in [5.41, 5.74) is 2.07. The first kappa shape index (κ1) is 19.0. The fourth-order valence-electron chi connectivity index (χ4n) is 5.37. The first-order valence-electron chi connectivity index (χ1n) is 11.0. The molecule has 6 rings (SSSR count). The summed E-state index contributed by atoms with van der Waals surface area (Å²) in [5.74, 6) is 1.61. The molecule has 0 aromatic carbocycles. The third-order valence-corrected chi connectivity index (χ3v) is 7.50. The van der Waals surface area contributed by atoms with Gasteiger partial charge in [-0.25, -0.2) is 9.78 Å². The Morgan fingerprint density at radius 2 is 2.03 bits per heavy atom. The molecule has 5 heterocycles. The number of anilines is 1. The van der Waals surface area contributed by atoms with Crippen LogP contribution in [0.5, 0.6) is 0 Å². The second-order valence-electron chi connectivity index (χ2n) is 8.90. The molecule has 3 aliphatic heterocycles. The molecular weight excluding hydrogens is 414 g/mol. The summed E-state index contributed by atoms with van der Waals surface area (Å²) in [6, 6.07) is 6.74. The number of halogens is 1. The van der Waals surface area contributed by atoms with Gasteiger partial charge in [0.15, 0.2) is 0 Å². The summed E-state index contributed by atoms with van der Waals surface area (Å²) in [6.45, 7) is 1.56. The standard InChI is InChI=1S/C23H24ClN5O2/c24-15-2-3-18-19(11-15)28-21(27-18)14-1-4-20(26-12-14)29-9-6-23(7-10-29)17-5-8-25-13-16(17)22(30)31-23/h1,4-5,8,12-13,15,18-19H,2-3,6-7,9-11H2,(H,27,28). The fourth-order valence-corrected chi connectivity index (χ4v) is 5.69. The lowest BCUT2D eigenvalue weighted by atomic mass is 9.84. The first-order chi connectivity index (χ1) is 15.1. The van der Waals surface area contributed by atoms with E-state index in [1.165, 1.54) is 0 Å². The van der Waals surface area contributed by atoms with Gasteiger partial charge in [0.2, 0.25) is 0 Å². The minimum atomic E-state index is -0.523. The Morgan fingerprint density at radius 3 is 2.84 bits per heavy atom. The summed E-state index contributed by atoms with van der Waals surface area (Å²) < 4.78 is 5.83. The highest BCUT2D eigenvalue weighted by Gasteiger charge is 2.47. The van der Waals surface area contributed by atoms with Gasteiger partial charge in [0.05, 0.1) is 17.6 Å². The van der Waals surface area contributed by atoms with Gasteiger partial charge < -0.3 is 15.0 Å². The van der Waals surface area contributed by atoms with E-state index in [-0.39, 0.29) is 11.3 Å². The lowest BCUT2D eigenvalue weighted by Crippen LogP contribution is -2.43. The van der Waals surface area contributed by atoms with Crippen LogP contribution in [-0.4, -0.2) is 52.3 Å². The molecule has 0 radical (unpaired) electrons. The summed E-state index contributed by atoms with van der Waals surface area (Å²) in [5, 5.41) is 3.79. The highest BCUT2D eigenvalue weighted by atomic mass is 35.5. The molecule has 2 fully saturated rings. The van der Waals surface area contributed by atoms with E-state index in [1.807, 2.05) is 12.3 Å². The van der Waals surface area contributed by atoms with E-state index in [2.05, 4.69) is 27.3 Å². The molecule has 0 bridgehead atoms. The number of rotatable bonds is 2. The van der Waals surface area contributed by atoms with Gasteiger partial charge in [0.25, 0.3) is 0 Å². The predicted octanol–water partition coefficient (Wildman–Crippen LogP) is 3.02. The number of amidine groups is 1. The van der Waals surface area contributed by atoms with Crippen LogP contribution in [0.4, 0.5) is 5.82 Å². The van der Waals surface area contributed by atoms with Crippen LogP contribution < -0.4 is 10.2 Å². The van der Waals surface area contributed by atoms with Crippen LogP contribution in [0.25, 0.3) is 0 Å². The number of hydrogen-bond acceptors (Lipinski definition) is 7. The Labute approximate surface area is 185 Å². The van der Waals surface area contributed by atoms with Crippen molar-refractivity contribution < 1.29 is 9.53 Å². The summed E-state index contributed by atoms with van der Waals surface area (Å²) >= 11 is 6.33. The third kappa shape index (κ3) is 3.17. The number of fused-ring (bicyclic) bond motifs is 3. The van der Waals surface area contributed by atoms with Crippen molar-refractivity contribution in [3.8, 4) is 0 Å². The molecule has 3 atom stereocenters. The molecular formula is C23H24ClN5O2. The number of carbonyl (C=O) groups excluding carboxylic acids is 1. The number of pyridine rings is 2. The number of hydrogen-bond donors (Lipinski definition) is 1. The average molecular weight is 438 g/mol. The number of esters is 1. The number of nitrogens with zero attached hydrogens (tertiary/aromatic N) is 4. The van der Waals surface area contributed by atoms with E-state index >= 15 is 0 Å². The Hall–Kier alpha value is -2.67. The molecule has 7 nitrogen and oxygen atoms in total. The normalized spacial score (nSPS) is 28.5. The van der Waals surface area contributed by atoms with Crippen molar-refractivity contribution in [2.45, 2.75) is 55.2 Å². The molecule has 1 saturated carbocycles. The third-order valence-electron chi connectivity index (χ3n) is 7.10. The molecule has 1 aliphatic carbocycles. The van der Waals surface area contributed by atoms with E-state index in [4.69, 9.17) is 26.3 Å². The smallest absolute Gasteiger partial charge is 0.341 e. The van der Waals surface area contributed by atoms with E-state index < -0.39 is 5.60 Å². The van der Waals surface area contributed by atoms with Crippen LogP contribution in [0.2, 0.25) is 0 Å². The van der Waals surface area contributed by atoms with Crippen molar-refractivity contribution in [3.05, 3.63) is 53.5 Å². The van der Waals surface area contributed by atoms with Gasteiger partial charge in [0.1, 0.15) is 17.3 Å². The van der Waals surface area contributed by atoms with Crippen LogP contribution in [0, 0.1) is 0 Å². The molecule has 3 unspecified atom stereocenters. The van der Waals surface area contributed by atoms with Crippen molar-refractivity contribution in [3.63, 3.8) is 0 Å². The predicted molar refractivity (Wildman–Crippen MR) is 118 cm³/mol. The van der Waals surface area contributed by atoms with Crippen LogP contribution in [-0.2, 0) is 10.3 Å². The summed E-state index contributed by atoms with van der Waals surface area (Å²) in [7, 11) is 0. The van der Waals surface area contributed by atoms with Gasteiger partial charge in [0, 0.05) is 61.0 Å². The zero-order chi connectivity index (χ0) is 21.0. The Bertz CT molecular complexity index is 1050. The number of nitrogens with one attached hydrogen (secondary N) is 1. The SMILES string of the molecule is O=C1OC2(CCN(c3ccc(C4=NC5CCC(Cl)CC5N4)cn3)CC2)c2ccncc21. The maximum absolute atomic E-state index is 12.3. The molecule has 1 saturated heterocycles. The quantitative estimate of drug-likeness (QED) is 0.574. The van der Waals surface area contributed by atoms with Crippen molar-refractivity contribution in [1.29, 1.82) is 0 Å². The summed E-state index contributed by atoms with van der Waals surface area (Å²) in [6.07, 6.45) is 9.78. The van der Waals surface area contributed by atoms with Gasteiger partial charge in [-0.3, -0.25) is 9.98 Å². The molecule has 1 spiro atoms. The number of piperidine rings is 1. The number of carbonyl (C=O) groups is 1. The van der Waals surface area contributed by atoms with Gasteiger partial charge in [-0.15, -0.1) is 11.6 Å². The lowest BCUT2D eigenvalue weighted by Gasteiger charge is -2.39. The number of ether oxygens (including phenoxy) is 1. The highest BCUT2D eigenvalue weighted by molar-refractivity contribution is 6.20. The van der Waals surface area contributed by atoms with E-state index in [0.29, 0.717) is 17.6 Å². The van der Waals surface area contributed by atoms with Crippen LogP contribution in [0.3, 0.4) is 0 Å². The van der Waals surface area contributed by atoms with Gasteiger partial charge >= 0.3 is 5.97 Å². The van der Waals surface area contributed by atoms with E-state index in [0.717, 1.165) is 68.0 Å². The van der Waals surface area contributed by atoms with Gasteiger partial charge in [-0.05, 0) is 37.5 Å². The van der Waals surface area contributed by atoms with E-state index in [9.17, 15) is 4.79 Å². The molecule has 2 aromatic heterocycles. The molecule has 31 heavy (non-hydrogen) atoms. The number of alkyl halides is 1. The fraction of sp³-hybridized carbons (Fsp3) is 0.478. The average Bonchev–Trinajstić information content (AvgIpc) is 3.34. The summed E-state index contributed by atoms with van der Waals surface area (Å²) in [4.78, 5) is 28.2. The second-order valence-corrected chi connectivity index (χ2v) is 9.52. The topological polar surface area (TPSA) is 79.7 Å². The van der Waals surface area contributed by atoms with E-state index in [1.54, 1.807) is 12.4 Å². The lowest BCUT2D eigenvalue weighted by molar-refractivity contribution is -0.0211. The minimum absolute atomic E-state index is 0.244. The monoisotopic (exact) mass is 437 g/mol. The largest absolute Gasteiger partial charge is 0.450 e. The van der Waals surface area contributed by atoms with Crippen LogP contribution in [0.15, 0.2) is 41.8 Å². The Balaban J connectivity index is 1.14. The van der Waals surface area contributed by atoms with Crippen molar-refractivity contribution in [1.82, 2.24) is 15.3 Å². The van der Waals surface area contributed by atoms with Crippen molar-refractivity contribution >= 4 is 29.2 Å². The highest BCUT2D eigenvalue weighted by Crippen LogP contribution is 2.44. The zero-order valence-corrected chi connectivity index (χ0v) is 17.9. The van der Waals surface area contributed by atoms with Crippen LogP contribution >= 0.6 is 11.6 Å². The second kappa shape index (κ2) is 7.19. The molecule has 1 N–H and O–H groups in total. The Kier molecular flexibility index (Phi) is 4.42. The maximum Gasteiger partial charge on any atom is 0.341 e. The van der Waals surface area contributed by atoms with Gasteiger partial charge in [-0.1, -0.05) is 0 Å². The maximum atomic E-state index is 12.3. The zero-order valence-electron chi connectivity index (χ0n) is 17.1. The first-order valence-corrected chi connectivity index (χ1v) is 11.4. The molecule has 0 amide bonds. The number of aromatic nitrogens is 2. The van der Waals surface area contributed by atoms with Crippen LogP contribution in [0.1, 0.15) is 53.6 Å². The minimum Gasteiger partial charge on any atom is -0.450 e. The molecule has 4 aliphatic rings.